The molecule has 1 aliphatic rings. The topological polar surface area (TPSA) is 80.0 Å². The molecule has 1 fully saturated rings. The number of halogens is 3. The minimum Gasteiger partial charge on any atom is -0.370 e. The molecule has 1 aliphatic heterocycles. The molecule has 4 heterocycles. The van der Waals surface area contributed by atoms with Crippen molar-refractivity contribution in [3.63, 3.8) is 0 Å². The molecule has 0 radical (unpaired) electrons. The third-order valence-electron chi connectivity index (χ3n) is 7.36. The van der Waals surface area contributed by atoms with Crippen LogP contribution in [0.2, 0.25) is 0 Å². The number of anilines is 1. The lowest BCUT2D eigenvalue weighted by atomic mass is 10.1. The van der Waals surface area contributed by atoms with Gasteiger partial charge in [-0.1, -0.05) is 17.3 Å². The van der Waals surface area contributed by atoms with E-state index in [4.69, 9.17) is 0 Å². The number of hydrogen-bond donors (Lipinski definition) is 0. The molecule has 214 valence electrons. The Morgan fingerprint density at radius 1 is 1.02 bits per heavy atom. The van der Waals surface area contributed by atoms with Crippen LogP contribution in [0, 0.1) is 6.92 Å². The SMILES string of the molecule is Cc1ncc(CC(=O)c2cc(C(F)(F)F)ccn2)cc1-n1cc(-c2cccc(N3CCCN(C(C)C)CC3)c2)nn1. The van der Waals surface area contributed by atoms with E-state index >= 15 is 0 Å². The highest BCUT2D eigenvalue weighted by molar-refractivity contribution is 5.95. The van der Waals surface area contributed by atoms with Gasteiger partial charge in [-0.3, -0.25) is 19.7 Å². The second kappa shape index (κ2) is 11.8. The molecule has 0 atom stereocenters. The molecule has 11 heteroatoms. The standard InChI is InChI=1S/C30H32F3N7O/c1-20(2)38-10-5-11-39(13-12-38)25-7-4-6-23(16-25)27-19-40(37-36-27)28-14-22(18-35-21(28)3)15-29(41)26-17-24(8-9-34-26)30(31,32)33/h4,6-9,14,16-20H,5,10-13,15H2,1-3H3. The molecule has 0 N–H and O–H groups in total. The van der Waals surface area contributed by atoms with Crippen LogP contribution in [0.15, 0.2) is 61.1 Å². The average molecular weight is 564 g/mol. The first-order valence-electron chi connectivity index (χ1n) is 13.6. The van der Waals surface area contributed by atoms with Gasteiger partial charge < -0.3 is 4.90 Å². The monoisotopic (exact) mass is 563 g/mol. The van der Waals surface area contributed by atoms with Crippen molar-refractivity contribution in [2.24, 2.45) is 0 Å². The summed E-state index contributed by atoms with van der Waals surface area (Å²) in [5.41, 5.74) is 3.45. The molecule has 8 nitrogen and oxygen atoms in total. The van der Waals surface area contributed by atoms with Crippen LogP contribution >= 0.6 is 0 Å². The minimum atomic E-state index is -4.55. The van der Waals surface area contributed by atoms with Crippen LogP contribution < -0.4 is 4.90 Å². The molecule has 0 amide bonds. The lowest BCUT2D eigenvalue weighted by Crippen LogP contribution is -2.35. The Morgan fingerprint density at radius 2 is 1.85 bits per heavy atom. The van der Waals surface area contributed by atoms with E-state index < -0.39 is 17.5 Å². The number of rotatable bonds is 7. The molecule has 3 aromatic heterocycles. The number of benzene rings is 1. The number of hydrogen-bond acceptors (Lipinski definition) is 7. The van der Waals surface area contributed by atoms with Crippen LogP contribution in [-0.2, 0) is 12.6 Å². The van der Waals surface area contributed by atoms with E-state index in [0.29, 0.717) is 28.7 Å². The number of aryl methyl sites for hydroxylation is 1. The van der Waals surface area contributed by atoms with Gasteiger partial charge in [-0.15, -0.1) is 5.10 Å². The molecule has 4 aromatic rings. The number of pyridine rings is 2. The molecule has 0 bridgehead atoms. The highest BCUT2D eigenvalue weighted by atomic mass is 19.4. The predicted octanol–water partition coefficient (Wildman–Crippen LogP) is 5.40. The van der Waals surface area contributed by atoms with Crippen LogP contribution in [0.1, 0.15) is 47.6 Å². The van der Waals surface area contributed by atoms with Gasteiger partial charge in [0.15, 0.2) is 5.78 Å². The molecular weight excluding hydrogens is 531 g/mol. The molecule has 5 rings (SSSR count). The summed E-state index contributed by atoms with van der Waals surface area (Å²) in [4.78, 5) is 25.9. The van der Waals surface area contributed by atoms with Crippen molar-refractivity contribution >= 4 is 11.5 Å². The number of carbonyl (C=O) groups is 1. The predicted molar refractivity (Wildman–Crippen MR) is 150 cm³/mol. The van der Waals surface area contributed by atoms with Crippen molar-refractivity contribution in [2.45, 2.75) is 45.8 Å². The summed E-state index contributed by atoms with van der Waals surface area (Å²) in [5.74, 6) is -0.533. The zero-order valence-corrected chi connectivity index (χ0v) is 23.3. The van der Waals surface area contributed by atoms with E-state index in [2.05, 4.69) is 56.1 Å². The number of alkyl halides is 3. The highest BCUT2D eigenvalue weighted by Crippen LogP contribution is 2.29. The van der Waals surface area contributed by atoms with Crippen molar-refractivity contribution in [3.8, 4) is 16.9 Å². The van der Waals surface area contributed by atoms with Crippen LogP contribution in [-0.4, -0.2) is 67.9 Å². The summed E-state index contributed by atoms with van der Waals surface area (Å²) in [6.07, 6.45) is 0.742. The van der Waals surface area contributed by atoms with Crippen molar-refractivity contribution < 1.29 is 18.0 Å². The van der Waals surface area contributed by atoms with Crippen molar-refractivity contribution in [1.82, 2.24) is 29.9 Å². The molecule has 0 unspecified atom stereocenters. The average Bonchev–Trinajstić information content (AvgIpc) is 3.30. The summed E-state index contributed by atoms with van der Waals surface area (Å²) >= 11 is 0. The lowest BCUT2D eigenvalue weighted by Gasteiger charge is -2.26. The van der Waals surface area contributed by atoms with Gasteiger partial charge in [0.2, 0.25) is 0 Å². The Labute approximate surface area is 236 Å². The Balaban J connectivity index is 1.34. The highest BCUT2D eigenvalue weighted by Gasteiger charge is 2.31. The summed E-state index contributed by atoms with van der Waals surface area (Å²) in [6, 6.07) is 12.2. The number of Topliss-reactive ketones (excluding diaryl/α,β-unsaturated/α-hetero) is 1. The largest absolute Gasteiger partial charge is 0.416 e. The van der Waals surface area contributed by atoms with Crippen LogP contribution in [0.5, 0.6) is 0 Å². The van der Waals surface area contributed by atoms with Gasteiger partial charge in [0, 0.05) is 62.3 Å². The number of carbonyl (C=O) groups excluding carboxylic acids is 1. The summed E-state index contributed by atoms with van der Waals surface area (Å²) in [5, 5.41) is 8.70. The minimum absolute atomic E-state index is 0.151. The van der Waals surface area contributed by atoms with E-state index in [1.54, 1.807) is 10.7 Å². The van der Waals surface area contributed by atoms with Gasteiger partial charge in [0.25, 0.3) is 0 Å². The first kappa shape index (κ1) is 28.4. The fourth-order valence-electron chi connectivity index (χ4n) is 5.01. The maximum atomic E-state index is 13.1. The molecule has 41 heavy (non-hydrogen) atoms. The lowest BCUT2D eigenvalue weighted by molar-refractivity contribution is -0.137. The van der Waals surface area contributed by atoms with Gasteiger partial charge in [-0.2, -0.15) is 13.2 Å². The summed E-state index contributed by atoms with van der Waals surface area (Å²) in [6.45, 7) is 10.4. The Bertz CT molecular complexity index is 1530. The third kappa shape index (κ3) is 6.62. The van der Waals surface area contributed by atoms with Gasteiger partial charge >= 0.3 is 6.18 Å². The molecular formula is C30H32F3N7O. The molecule has 0 saturated carbocycles. The Kier molecular flexibility index (Phi) is 8.16. The van der Waals surface area contributed by atoms with E-state index in [9.17, 15) is 18.0 Å². The third-order valence-corrected chi connectivity index (χ3v) is 7.36. The zero-order valence-electron chi connectivity index (χ0n) is 23.3. The van der Waals surface area contributed by atoms with Gasteiger partial charge in [-0.05, 0) is 63.1 Å². The summed E-state index contributed by atoms with van der Waals surface area (Å²) in [7, 11) is 0. The normalized spacial score (nSPS) is 14.9. The first-order valence-corrected chi connectivity index (χ1v) is 13.6. The zero-order chi connectivity index (χ0) is 29.1. The molecule has 0 aliphatic carbocycles. The smallest absolute Gasteiger partial charge is 0.370 e. The van der Waals surface area contributed by atoms with Crippen LogP contribution in [0.3, 0.4) is 0 Å². The van der Waals surface area contributed by atoms with Crippen LogP contribution in [0.25, 0.3) is 16.9 Å². The maximum Gasteiger partial charge on any atom is 0.416 e. The number of aromatic nitrogens is 5. The summed E-state index contributed by atoms with van der Waals surface area (Å²) < 4.78 is 40.8. The first-order chi connectivity index (χ1) is 19.6. The number of nitrogens with zero attached hydrogens (tertiary/aromatic N) is 7. The van der Waals surface area contributed by atoms with Crippen molar-refractivity contribution in [1.29, 1.82) is 0 Å². The van der Waals surface area contributed by atoms with Gasteiger partial charge in [0.05, 0.1) is 23.1 Å². The fraction of sp³-hybridized carbons (Fsp3) is 0.367. The second-order valence-electron chi connectivity index (χ2n) is 10.5. The Hall–Kier alpha value is -4.12. The Morgan fingerprint density at radius 3 is 2.63 bits per heavy atom. The van der Waals surface area contributed by atoms with E-state index in [1.165, 1.54) is 6.20 Å². The molecule has 1 saturated heterocycles. The number of ketones is 1. The second-order valence-corrected chi connectivity index (χ2v) is 10.5. The fourth-order valence-corrected chi connectivity index (χ4v) is 5.01. The molecule has 1 aromatic carbocycles. The van der Waals surface area contributed by atoms with Gasteiger partial charge in [0.1, 0.15) is 11.4 Å². The molecule has 0 spiro atoms. The van der Waals surface area contributed by atoms with E-state index in [1.807, 2.05) is 25.3 Å². The van der Waals surface area contributed by atoms with Gasteiger partial charge in [-0.25, -0.2) is 4.68 Å². The van der Waals surface area contributed by atoms with E-state index in [-0.39, 0.29) is 12.1 Å². The quantitative estimate of drug-likeness (QED) is 0.279. The van der Waals surface area contributed by atoms with Crippen molar-refractivity contribution in [3.05, 3.63) is 83.6 Å². The van der Waals surface area contributed by atoms with Crippen LogP contribution in [0.4, 0.5) is 18.9 Å². The maximum absolute atomic E-state index is 13.1. The van der Waals surface area contributed by atoms with E-state index in [0.717, 1.165) is 62.2 Å². The van der Waals surface area contributed by atoms with Crippen molar-refractivity contribution in [2.75, 3.05) is 31.1 Å².